The van der Waals surface area contributed by atoms with Gasteiger partial charge in [-0.05, 0) is 79.7 Å². The van der Waals surface area contributed by atoms with E-state index >= 15 is 0 Å². The van der Waals surface area contributed by atoms with Crippen molar-refractivity contribution in [1.29, 1.82) is 0 Å². The summed E-state index contributed by atoms with van der Waals surface area (Å²) < 4.78 is 7.79. The first-order chi connectivity index (χ1) is 9.09. The van der Waals surface area contributed by atoms with Crippen molar-refractivity contribution in [1.82, 2.24) is 4.90 Å². The topological polar surface area (TPSA) is 12.5 Å². The van der Waals surface area contributed by atoms with Gasteiger partial charge in [-0.15, -0.1) is 0 Å². The maximum absolute atomic E-state index is 6.47. The molecule has 2 atom stereocenters. The van der Waals surface area contributed by atoms with Gasteiger partial charge in [0.2, 0.25) is 0 Å². The lowest BCUT2D eigenvalue weighted by molar-refractivity contribution is -0.0150. The van der Waals surface area contributed by atoms with Gasteiger partial charge in [0, 0.05) is 22.5 Å². The van der Waals surface area contributed by atoms with Gasteiger partial charge in [0.05, 0.1) is 0 Å². The fourth-order valence-corrected chi connectivity index (χ4v) is 4.27. The van der Waals surface area contributed by atoms with Crippen LogP contribution in [-0.4, -0.2) is 31.1 Å². The van der Waals surface area contributed by atoms with Crippen molar-refractivity contribution in [3.63, 3.8) is 0 Å². The highest BCUT2D eigenvalue weighted by molar-refractivity contribution is 14.1. The van der Waals surface area contributed by atoms with Crippen molar-refractivity contribution >= 4 is 22.6 Å². The van der Waals surface area contributed by atoms with Crippen molar-refractivity contribution in [2.75, 3.05) is 20.6 Å². The molecule has 0 bridgehead atoms. The second-order valence-electron chi connectivity index (χ2n) is 6.30. The van der Waals surface area contributed by atoms with Crippen molar-refractivity contribution in [2.24, 2.45) is 5.92 Å². The van der Waals surface area contributed by atoms with Crippen LogP contribution in [0.1, 0.15) is 31.2 Å². The Morgan fingerprint density at radius 3 is 3.00 bits per heavy atom. The summed E-state index contributed by atoms with van der Waals surface area (Å²) in [5.41, 5.74) is 1.49. The van der Waals surface area contributed by atoms with Gasteiger partial charge in [0.15, 0.2) is 0 Å². The zero-order valence-electron chi connectivity index (χ0n) is 11.8. The molecule has 1 heterocycles. The largest absolute Gasteiger partial charge is 0.486 e. The summed E-state index contributed by atoms with van der Waals surface area (Å²) >= 11 is 2.39. The van der Waals surface area contributed by atoms with E-state index < -0.39 is 0 Å². The van der Waals surface area contributed by atoms with E-state index in [2.05, 4.69) is 59.8 Å². The molecule has 1 saturated carbocycles. The number of benzene rings is 1. The number of ether oxygens (including phenoxy) is 1. The van der Waals surface area contributed by atoms with Crippen molar-refractivity contribution in [3.05, 3.63) is 27.3 Å². The first-order valence-corrected chi connectivity index (χ1v) is 8.29. The Kier molecular flexibility index (Phi) is 3.78. The molecule has 0 saturated heterocycles. The standard InChI is InChI=1S/C16H22INO/c1-18(2)11-13-5-3-4-8-16(13)10-12-9-14(17)6-7-15(12)19-16/h6-7,9,13H,3-5,8,10-11H2,1-2H3/t13-,16+/m1/s1. The molecule has 0 amide bonds. The molecule has 1 aromatic carbocycles. The third-order valence-electron chi connectivity index (χ3n) is 4.56. The minimum atomic E-state index is 0.0787. The quantitative estimate of drug-likeness (QED) is 0.735. The third kappa shape index (κ3) is 2.64. The Labute approximate surface area is 129 Å². The molecular weight excluding hydrogens is 349 g/mol. The van der Waals surface area contributed by atoms with Crippen LogP contribution in [0, 0.1) is 9.49 Å². The Balaban J connectivity index is 1.87. The molecule has 104 valence electrons. The van der Waals surface area contributed by atoms with Gasteiger partial charge >= 0.3 is 0 Å². The zero-order valence-corrected chi connectivity index (χ0v) is 13.9. The molecule has 1 spiro atoms. The maximum atomic E-state index is 6.47. The van der Waals surface area contributed by atoms with Crippen LogP contribution in [0.15, 0.2) is 18.2 Å². The number of nitrogens with zero attached hydrogens (tertiary/aromatic N) is 1. The highest BCUT2D eigenvalue weighted by Gasteiger charge is 2.47. The number of hydrogen-bond acceptors (Lipinski definition) is 2. The van der Waals surface area contributed by atoms with Crippen LogP contribution in [0.2, 0.25) is 0 Å². The predicted octanol–water partition coefficient (Wildman–Crippen LogP) is 3.72. The van der Waals surface area contributed by atoms with E-state index in [1.165, 1.54) is 34.8 Å². The minimum Gasteiger partial charge on any atom is -0.486 e. The summed E-state index contributed by atoms with van der Waals surface area (Å²) in [5.74, 6) is 1.80. The van der Waals surface area contributed by atoms with Crippen LogP contribution in [0.25, 0.3) is 0 Å². The van der Waals surface area contributed by atoms with Gasteiger partial charge in [-0.25, -0.2) is 0 Å². The van der Waals surface area contributed by atoms with E-state index in [1.807, 2.05) is 0 Å². The molecule has 0 unspecified atom stereocenters. The van der Waals surface area contributed by atoms with E-state index in [9.17, 15) is 0 Å². The van der Waals surface area contributed by atoms with Gasteiger partial charge in [0.1, 0.15) is 11.4 Å². The van der Waals surface area contributed by atoms with Crippen LogP contribution >= 0.6 is 22.6 Å². The Bertz CT molecular complexity index is 474. The lowest BCUT2D eigenvalue weighted by Crippen LogP contribution is -2.48. The minimum absolute atomic E-state index is 0.0787. The highest BCUT2D eigenvalue weighted by Crippen LogP contribution is 2.46. The lowest BCUT2D eigenvalue weighted by Gasteiger charge is -2.41. The third-order valence-corrected chi connectivity index (χ3v) is 5.23. The van der Waals surface area contributed by atoms with E-state index in [0.717, 1.165) is 18.7 Å². The second kappa shape index (κ2) is 5.24. The average molecular weight is 371 g/mol. The first kappa shape index (κ1) is 13.7. The molecule has 19 heavy (non-hydrogen) atoms. The van der Waals surface area contributed by atoms with Crippen molar-refractivity contribution in [2.45, 2.75) is 37.7 Å². The Morgan fingerprint density at radius 2 is 2.21 bits per heavy atom. The van der Waals surface area contributed by atoms with Crippen LogP contribution in [0.5, 0.6) is 5.75 Å². The van der Waals surface area contributed by atoms with Gasteiger partial charge in [-0.2, -0.15) is 0 Å². The van der Waals surface area contributed by atoms with Crippen LogP contribution in [0.4, 0.5) is 0 Å². The molecule has 0 radical (unpaired) electrons. The number of hydrogen-bond donors (Lipinski definition) is 0. The van der Waals surface area contributed by atoms with Crippen molar-refractivity contribution in [3.8, 4) is 5.75 Å². The van der Waals surface area contributed by atoms with E-state index in [1.54, 1.807) is 0 Å². The van der Waals surface area contributed by atoms with Crippen molar-refractivity contribution < 1.29 is 4.74 Å². The number of fused-ring (bicyclic) bond motifs is 1. The summed E-state index contributed by atoms with van der Waals surface area (Å²) in [6.07, 6.45) is 6.31. The highest BCUT2D eigenvalue weighted by atomic mass is 127. The van der Waals surface area contributed by atoms with Crippen LogP contribution < -0.4 is 4.74 Å². The fraction of sp³-hybridized carbons (Fsp3) is 0.625. The summed E-state index contributed by atoms with van der Waals surface area (Å²) in [6.45, 7) is 1.14. The first-order valence-electron chi connectivity index (χ1n) is 7.21. The van der Waals surface area contributed by atoms with E-state index in [4.69, 9.17) is 4.74 Å². The Morgan fingerprint density at radius 1 is 1.37 bits per heavy atom. The second-order valence-corrected chi connectivity index (χ2v) is 7.55. The van der Waals surface area contributed by atoms with E-state index in [-0.39, 0.29) is 5.60 Å². The molecule has 1 fully saturated rings. The van der Waals surface area contributed by atoms with Gasteiger partial charge in [0.25, 0.3) is 0 Å². The fourth-order valence-electron chi connectivity index (χ4n) is 3.71. The summed E-state index contributed by atoms with van der Waals surface area (Å²) in [7, 11) is 4.35. The monoisotopic (exact) mass is 371 g/mol. The molecule has 0 aromatic heterocycles. The van der Waals surface area contributed by atoms with Gasteiger partial charge in [-0.3, -0.25) is 0 Å². The molecule has 3 heteroatoms. The molecular formula is C16H22INO. The molecule has 1 aliphatic heterocycles. The molecule has 3 rings (SSSR count). The molecule has 0 N–H and O–H groups in total. The predicted molar refractivity (Wildman–Crippen MR) is 86.7 cm³/mol. The van der Waals surface area contributed by atoms with Crippen LogP contribution in [-0.2, 0) is 6.42 Å². The van der Waals surface area contributed by atoms with E-state index in [0.29, 0.717) is 5.92 Å². The summed E-state index contributed by atoms with van der Waals surface area (Å²) in [5, 5.41) is 0. The van der Waals surface area contributed by atoms with Crippen LogP contribution in [0.3, 0.4) is 0 Å². The molecule has 2 nitrogen and oxygen atoms in total. The lowest BCUT2D eigenvalue weighted by atomic mass is 9.73. The van der Waals surface area contributed by atoms with Gasteiger partial charge in [-0.1, -0.05) is 6.42 Å². The molecule has 1 aliphatic carbocycles. The number of halogens is 1. The zero-order chi connectivity index (χ0) is 13.5. The SMILES string of the molecule is CN(C)C[C@H]1CCCC[C@]12Cc1cc(I)ccc1O2. The Hall–Kier alpha value is -0.290. The maximum Gasteiger partial charge on any atom is 0.123 e. The normalized spacial score (nSPS) is 29.6. The number of rotatable bonds is 2. The summed E-state index contributed by atoms with van der Waals surface area (Å²) in [6, 6.07) is 6.61. The smallest absolute Gasteiger partial charge is 0.123 e. The average Bonchev–Trinajstić information content (AvgIpc) is 2.70. The van der Waals surface area contributed by atoms with Gasteiger partial charge < -0.3 is 9.64 Å². The molecule has 2 aliphatic rings. The molecule has 1 aromatic rings. The summed E-state index contributed by atoms with van der Waals surface area (Å²) in [4.78, 5) is 2.31.